The molecule has 0 radical (unpaired) electrons. The van der Waals surface area contributed by atoms with E-state index in [4.69, 9.17) is 26.1 Å². The molecule has 5 aliphatic heterocycles. The van der Waals surface area contributed by atoms with Crippen LogP contribution in [0.4, 0.5) is 23.1 Å². The van der Waals surface area contributed by atoms with Crippen molar-refractivity contribution in [2.75, 3.05) is 55.0 Å². The Kier molecular flexibility index (Phi) is 11.6. The highest BCUT2D eigenvalue weighted by Gasteiger charge is 2.46. The number of halogens is 1. The van der Waals surface area contributed by atoms with Crippen molar-refractivity contribution in [2.45, 2.75) is 114 Å². The first-order valence-electron chi connectivity index (χ1n) is 22.9. The van der Waals surface area contributed by atoms with Crippen LogP contribution >= 0.6 is 11.6 Å². The van der Waals surface area contributed by atoms with E-state index in [-0.39, 0.29) is 66.2 Å². The molecule has 6 aliphatic rings. The number of pyridine rings is 1. The van der Waals surface area contributed by atoms with Gasteiger partial charge in [0, 0.05) is 92.7 Å². The molecule has 1 unspecified atom stereocenters. The van der Waals surface area contributed by atoms with Gasteiger partial charge in [-0.1, -0.05) is 11.6 Å². The Labute approximate surface area is 381 Å². The second-order valence-electron chi connectivity index (χ2n) is 18.6. The summed E-state index contributed by atoms with van der Waals surface area (Å²) in [5.74, 6) is 0.0311. The zero-order valence-electron chi connectivity index (χ0n) is 36.9. The molecule has 2 aromatic heterocycles. The first-order chi connectivity index (χ1) is 31.4. The summed E-state index contributed by atoms with van der Waals surface area (Å²) in [5, 5.41) is 9.38. The van der Waals surface area contributed by atoms with Crippen LogP contribution in [-0.4, -0.2) is 124 Å². The van der Waals surface area contributed by atoms with Crippen molar-refractivity contribution >= 4 is 69.3 Å². The van der Waals surface area contributed by atoms with Gasteiger partial charge in [-0.25, -0.2) is 4.98 Å². The average Bonchev–Trinajstić information content (AvgIpc) is 3.75. The molecule has 7 heterocycles. The Morgan fingerprint density at radius 3 is 2.43 bits per heavy atom. The van der Waals surface area contributed by atoms with Gasteiger partial charge >= 0.3 is 0 Å². The summed E-state index contributed by atoms with van der Waals surface area (Å²) in [6.07, 6.45) is 8.79. The maximum atomic E-state index is 13.3. The molecule has 1 aliphatic carbocycles. The van der Waals surface area contributed by atoms with Gasteiger partial charge in [0.1, 0.15) is 11.1 Å². The number of nitrogens with zero attached hydrogens (tertiary/aromatic N) is 7. The van der Waals surface area contributed by atoms with Crippen LogP contribution < -0.4 is 36.0 Å². The second-order valence-corrected chi connectivity index (χ2v) is 19.0. The lowest BCUT2D eigenvalue weighted by molar-refractivity contribution is -0.137. The molecule has 0 spiro atoms. The Hall–Kier alpha value is -5.78. The Balaban J connectivity index is 0.709. The summed E-state index contributed by atoms with van der Waals surface area (Å²) in [5.41, 5.74) is 3.91. The number of anilines is 4. The highest BCUT2D eigenvalue weighted by molar-refractivity contribution is 6.33. The highest BCUT2D eigenvalue weighted by Crippen LogP contribution is 2.41. The fourth-order valence-corrected chi connectivity index (χ4v) is 10.9. The van der Waals surface area contributed by atoms with Crippen LogP contribution in [0.1, 0.15) is 87.2 Å². The maximum absolute atomic E-state index is 13.3. The van der Waals surface area contributed by atoms with E-state index in [0.29, 0.717) is 53.4 Å². The van der Waals surface area contributed by atoms with Gasteiger partial charge in [0.25, 0.3) is 17.4 Å². The first-order valence-corrected chi connectivity index (χ1v) is 23.3. The Morgan fingerprint density at radius 2 is 1.71 bits per heavy atom. The summed E-state index contributed by atoms with van der Waals surface area (Å²) in [4.78, 5) is 81.1. The van der Waals surface area contributed by atoms with Crippen molar-refractivity contribution in [3.63, 3.8) is 0 Å². The smallest absolute Gasteiger partial charge is 0.293 e. The molecule has 4 amide bonds. The van der Waals surface area contributed by atoms with E-state index < -0.39 is 6.04 Å². The molecule has 2 aromatic carbocycles. The number of amides is 4. The standard InChI is InChI=1S/C47H55ClN10O7/c1-26(2)57-38-9-4-29(16-27(38)18-40(46(57)63)64-25-42(60)49-3)51-43-37(48)21-50-47(53-43)54-14-12-34(13-15-54)65-35-19-33(20-35)55-23-31-5-6-32(24-55)58(31)30-7-8-36-28(17-30)22-56(45(36)62)39-10-11-41(59)52-44(39)61/h4,7-9,16-18,21,26,31-35,39H,5-6,10-15,19-20,22-25H2,1-3H3,(H,49,60)(H,50,51,53)(H,52,59,61)/t31-,32?,33?,35?,39-/m1/s1. The number of hydrogen-bond acceptors (Lipinski definition) is 13. The number of carbonyl (C=O) groups is 4. The predicted molar refractivity (Wildman–Crippen MR) is 245 cm³/mol. The van der Waals surface area contributed by atoms with Gasteiger partial charge < -0.3 is 39.4 Å². The van der Waals surface area contributed by atoms with Gasteiger partial charge in [-0.3, -0.25) is 34.2 Å². The monoisotopic (exact) mass is 906 g/mol. The molecule has 2 bridgehead atoms. The number of aromatic nitrogens is 3. The zero-order chi connectivity index (χ0) is 45.1. The topological polar surface area (TPSA) is 184 Å². The lowest BCUT2D eigenvalue weighted by Gasteiger charge is -2.50. The van der Waals surface area contributed by atoms with Crippen LogP contribution in [0.25, 0.3) is 10.9 Å². The van der Waals surface area contributed by atoms with Crippen molar-refractivity contribution in [1.29, 1.82) is 0 Å². The SMILES string of the molecule is CNC(=O)COc1cc2cc(Nc3nc(N4CCC(OC5CC(N6CC7CC[C@H](C6)N7c6ccc7c(c6)CN([C@@H]6CCC(=O)NC6=O)C7=O)C5)CC4)ncc3Cl)ccc2n(C(C)C)c1=O. The summed E-state index contributed by atoms with van der Waals surface area (Å²) >= 11 is 6.62. The molecule has 342 valence electrons. The molecular weight excluding hydrogens is 852 g/mol. The summed E-state index contributed by atoms with van der Waals surface area (Å²) in [6, 6.07) is 14.1. The minimum absolute atomic E-state index is 0.0956. The summed E-state index contributed by atoms with van der Waals surface area (Å²) in [6.45, 7) is 7.54. The fraction of sp³-hybridized carbons (Fsp3) is 0.511. The molecule has 1 saturated carbocycles. The Morgan fingerprint density at radius 1 is 0.938 bits per heavy atom. The minimum Gasteiger partial charge on any atom is -0.478 e. The molecule has 17 nitrogen and oxygen atoms in total. The predicted octanol–water partition coefficient (Wildman–Crippen LogP) is 4.52. The van der Waals surface area contributed by atoms with Crippen LogP contribution in [0.2, 0.25) is 5.02 Å². The second kappa shape index (κ2) is 17.5. The number of carbonyl (C=O) groups excluding carboxylic acids is 4. The molecule has 18 heteroatoms. The van der Waals surface area contributed by atoms with Gasteiger partial charge in [0.05, 0.1) is 23.9 Å². The summed E-state index contributed by atoms with van der Waals surface area (Å²) in [7, 11) is 1.52. The van der Waals surface area contributed by atoms with Crippen molar-refractivity contribution in [2.24, 2.45) is 0 Å². The third kappa shape index (κ3) is 8.38. The molecular formula is C47H55ClN10O7. The Bertz CT molecular complexity index is 2600. The van der Waals surface area contributed by atoms with E-state index in [9.17, 15) is 24.0 Å². The number of rotatable bonds is 12. The van der Waals surface area contributed by atoms with Crippen LogP contribution in [-0.2, 0) is 25.7 Å². The van der Waals surface area contributed by atoms with E-state index in [2.05, 4.69) is 47.8 Å². The first kappa shape index (κ1) is 43.1. The van der Waals surface area contributed by atoms with Crippen LogP contribution in [0, 0.1) is 0 Å². The van der Waals surface area contributed by atoms with Crippen molar-refractivity contribution in [3.8, 4) is 5.75 Å². The number of benzene rings is 2. The van der Waals surface area contributed by atoms with Gasteiger partial charge in [0.15, 0.2) is 18.2 Å². The third-order valence-corrected chi connectivity index (χ3v) is 14.4. The number of imide groups is 1. The van der Waals surface area contributed by atoms with E-state index in [1.54, 1.807) is 21.7 Å². The number of piperidine rings is 2. The molecule has 10 rings (SSSR count). The van der Waals surface area contributed by atoms with Gasteiger partial charge in [0.2, 0.25) is 17.8 Å². The maximum Gasteiger partial charge on any atom is 0.293 e. The van der Waals surface area contributed by atoms with E-state index in [0.717, 1.165) is 92.5 Å². The van der Waals surface area contributed by atoms with E-state index in [1.807, 2.05) is 38.1 Å². The largest absolute Gasteiger partial charge is 0.478 e. The molecule has 4 aromatic rings. The highest BCUT2D eigenvalue weighted by atomic mass is 35.5. The fourth-order valence-electron chi connectivity index (χ4n) is 10.8. The number of hydrogen-bond donors (Lipinski definition) is 3. The minimum atomic E-state index is -0.610. The van der Waals surface area contributed by atoms with Crippen LogP contribution in [0.5, 0.6) is 5.75 Å². The van der Waals surface area contributed by atoms with Crippen molar-refractivity contribution < 1.29 is 28.7 Å². The molecule has 65 heavy (non-hydrogen) atoms. The molecule has 3 N–H and O–H groups in total. The van der Waals surface area contributed by atoms with E-state index >= 15 is 0 Å². The van der Waals surface area contributed by atoms with Gasteiger partial charge in [-0.2, -0.15) is 4.98 Å². The number of likely N-dealkylation sites (N-methyl/N-ethyl adjacent to an activating group) is 1. The van der Waals surface area contributed by atoms with Crippen LogP contribution in [0.3, 0.4) is 0 Å². The van der Waals surface area contributed by atoms with E-state index in [1.165, 1.54) is 7.05 Å². The number of likely N-dealkylation sites (tertiary alicyclic amines) is 1. The quantitative estimate of drug-likeness (QED) is 0.169. The normalized spacial score (nSPS) is 24.7. The number of nitrogens with one attached hydrogen (secondary N) is 3. The number of fused-ring (bicyclic) bond motifs is 4. The molecule has 3 atom stereocenters. The average molecular weight is 907 g/mol. The third-order valence-electron chi connectivity index (χ3n) is 14.2. The van der Waals surface area contributed by atoms with Gasteiger partial charge in [-0.05, 0) is 107 Å². The number of ether oxygens (including phenoxy) is 2. The number of piperazine rings is 1. The summed E-state index contributed by atoms with van der Waals surface area (Å²) < 4.78 is 14.0. The van der Waals surface area contributed by atoms with Crippen molar-refractivity contribution in [3.05, 3.63) is 75.2 Å². The van der Waals surface area contributed by atoms with Crippen molar-refractivity contribution in [1.82, 2.24) is 35.0 Å². The molecule has 5 fully saturated rings. The lowest BCUT2D eigenvalue weighted by Crippen LogP contribution is -2.60. The van der Waals surface area contributed by atoms with Crippen LogP contribution in [0.15, 0.2) is 53.5 Å². The van der Waals surface area contributed by atoms with Gasteiger partial charge in [-0.15, -0.1) is 0 Å². The zero-order valence-corrected chi connectivity index (χ0v) is 37.7. The molecule has 4 saturated heterocycles. The lowest BCUT2D eigenvalue weighted by atomic mass is 9.86.